The molecule has 1 saturated carbocycles. The highest BCUT2D eigenvalue weighted by Crippen LogP contribution is 2.53. The molecule has 2 aliphatic rings. The van der Waals surface area contributed by atoms with E-state index in [0.717, 1.165) is 0 Å². The Labute approximate surface area is 125 Å². The Morgan fingerprint density at radius 3 is 2.55 bits per heavy atom. The predicted octanol–water partition coefficient (Wildman–Crippen LogP) is 3.34. The zero-order chi connectivity index (χ0) is 16.2. The van der Waals surface area contributed by atoms with Crippen molar-refractivity contribution in [3.05, 3.63) is 17.6 Å². The van der Waals surface area contributed by atoms with Gasteiger partial charge < -0.3 is 4.90 Å². The first-order valence-electron chi connectivity index (χ1n) is 7.04. The Balaban J connectivity index is 1.95. The van der Waals surface area contributed by atoms with E-state index >= 15 is 0 Å². The van der Waals surface area contributed by atoms with Gasteiger partial charge in [0.15, 0.2) is 0 Å². The van der Waals surface area contributed by atoms with E-state index < -0.39 is 23.1 Å². The van der Waals surface area contributed by atoms with Gasteiger partial charge in [-0.15, -0.1) is 6.42 Å². The second kappa shape index (κ2) is 4.58. The number of aromatic nitrogens is 2. The van der Waals surface area contributed by atoms with Crippen LogP contribution >= 0.6 is 0 Å². The van der Waals surface area contributed by atoms with Crippen LogP contribution in [0.2, 0.25) is 0 Å². The number of anilines is 1. The summed E-state index contributed by atoms with van der Waals surface area (Å²) >= 11 is 0. The minimum Gasteiger partial charge on any atom is -0.349 e. The Bertz CT molecular complexity index is 641. The molecule has 0 bridgehead atoms. The zero-order valence-corrected chi connectivity index (χ0v) is 12.0. The molecule has 1 aliphatic carbocycles. The van der Waals surface area contributed by atoms with Gasteiger partial charge in [-0.1, -0.05) is 0 Å². The van der Waals surface area contributed by atoms with Gasteiger partial charge >= 0.3 is 0 Å². The number of terminal acetylenes is 1. The van der Waals surface area contributed by atoms with Crippen LogP contribution in [0, 0.1) is 12.3 Å². The summed E-state index contributed by atoms with van der Waals surface area (Å²) in [5.74, 6) is -3.47. The van der Waals surface area contributed by atoms with Crippen molar-refractivity contribution >= 4 is 5.82 Å². The number of alkyl halides is 4. The van der Waals surface area contributed by atoms with Gasteiger partial charge in [0.2, 0.25) is 0 Å². The number of hydrogen-bond acceptors (Lipinski definition) is 3. The standard InChI is InChI=1S/C15H15F4N3/c1-3-10-12(13(2,16)17)20-8-11(21-10)22-7-6-15(18,19)9-14(22)4-5-14/h1,8H,4-7,9H2,2H3. The molecular weight excluding hydrogens is 298 g/mol. The average molecular weight is 313 g/mol. The molecule has 1 aromatic rings. The van der Waals surface area contributed by atoms with Gasteiger partial charge in [-0.3, -0.25) is 0 Å². The molecule has 0 N–H and O–H groups in total. The van der Waals surface area contributed by atoms with Crippen LogP contribution in [0.25, 0.3) is 0 Å². The number of rotatable bonds is 2. The Morgan fingerprint density at radius 1 is 1.32 bits per heavy atom. The summed E-state index contributed by atoms with van der Waals surface area (Å²) in [4.78, 5) is 9.55. The van der Waals surface area contributed by atoms with Crippen LogP contribution in [0.4, 0.5) is 23.4 Å². The predicted molar refractivity (Wildman–Crippen MR) is 73.0 cm³/mol. The smallest absolute Gasteiger partial charge is 0.289 e. The Kier molecular flexibility index (Phi) is 3.13. The summed E-state index contributed by atoms with van der Waals surface area (Å²) in [6, 6.07) is 0. The van der Waals surface area contributed by atoms with Crippen LogP contribution < -0.4 is 4.90 Å². The van der Waals surface area contributed by atoms with Gasteiger partial charge in [-0.05, 0) is 18.8 Å². The molecule has 0 aromatic carbocycles. The molecule has 1 saturated heterocycles. The summed E-state index contributed by atoms with van der Waals surface area (Å²) in [7, 11) is 0. The van der Waals surface area contributed by atoms with Crippen molar-refractivity contribution in [2.24, 2.45) is 0 Å². The molecule has 0 radical (unpaired) electrons. The van der Waals surface area contributed by atoms with Crippen molar-refractivity contribution < 1.29 is 17.6 Å². The first-order chi connectivity index (χ1) is 10.2. The van der Waals surface area contributed by atoms with Crippen LogP contribution in [0.15, 0.2) is 6.20 Å². The zero-order valence-electron chi connectivity index (χ0n) is 12.0. The lowest BCUT2D eigenvalue weighted by molar-refractivity contribution is -0.0375. The Hall–Kier alpha value is -1.84. The van der Waals surface area contributed by atoms with Crippen LogP contribution in [0.3, 0.4) is 0 Å². The molecule has 0 atom stereocenters. The van der Waals surface area contributed by atoms with E-state index in [4.69, 9.17) is 6.42 Å². The van der Waals surface area contributed by atoms with Crippen molar-refractivity contribution in [2.75, 3.05) is 11.4 Å². The van der Waals surface area contributed by atoms with E-state index in [0.29, 0.717) is 25.6 Å². The van der Waals surface area contributed by atoms with Crippen molar-refractivity contribution in [1.82, 2.24) is 9.97 Å². The summed E-state index contributed by atoms with van der Waals surface area (Å²) in [6.45, 7) is 0.814. The third-order valence-corrected chi connectivity index (χ3v) is 4.28. The minimum atomic E-state index is -3.20. The topological polar surface area (TPSA) is 29.0 Å². The third kappa shape index (κ3) is 2.51. The first-order valence-corrected chi connectivity index (χ1v) is 7.04. The fourth-order valence-corrected chi connectivity index (χ4v) is 3.06. The molecule has 3 nitrogen and oxygen atoms in total. The number of hydrogen-bond donors (Lipinski definition) is 0. The molecule has 0 amide bonds. The van der Waals surface area contributed by atoms with Crippen LogP contribution in [0.1, 0.15) is 44.0 Å². The first kappa shape index (κ1) is 15.1. The largest absolute Gasteiger partial charge is 0.349 e. The lowest BCUT2D eigenvalue weighted by Crippen LogP contribution is -2.49. The van der Waals surface area contributed by atoms with E-state index in [2.05, 4.69) is 15.9 Å². The summed E-state index contributed by atoms with van der Waals surface area (Å²) in [5.41, 5.74) is -1.43. The quantitative estimate of drug-likeness (QED) is 0.619. The molecule has 1 aliphatic heterocycles. The second-order valence-corrected chi connectivity index (χ2v) is 6.12. The minimum absolute atomic E-state index is 0.119. The van der Waals surface area contributed by atoms with Gasteiger partial charge in [0.1, 0.15) is 17.2 Å². The lowest BCUT2D eigenvalue weighted by Gasteiger charge is -2.40. The molecule has 7 heteroatoms. The van der Waals surface area contributed by atoms with Crippen molar-refractivity contribution in [3.63, 3.8) is 0 Å². The normalized spacial score (nSPS) is 22.5. The molecule has 1 spiro atoms. The SMILES string of the molecule is C#Cc1nc(N2CCC(F)(F)CC23CC3)cnc1C(C)(F)F. The molecule has 2 fully saturated rings. The molecule has 2 heterocycles. The maximum Gasteiger partial charge on any atom is 0.289 e. The number of halogens is 4. The molecule has 0 unspecified atom stereocenters. The highest BCUT2D eigenvalue weighted by molar-refractivity contribution is 5.48. The summed E-state index contributed by atoms with van der Waals surface area (Å²) in [6.07, 6.45) is 7.21. The maximum absolute atomic E-state index is 13.6. The fourth-order valence-electron chi connectivity index (χ4n) is 3.06. The molecule has 22 heavy (non-hydrogen) atoms. The van der Waals surface area contributed by atoms with Gasteiger partial charge in [-0.2, -0.15) is 8.78 Å². The molecular formula is C15H15F4N3. The maximum atomic E-state index is 13.6. The van der Waals surface area contributed by atoms with E-state index in [-0.39, 0.29) is 25.1 Å². The molecule has 1 aromatic heterocycles. The van der Waals surface area contributed by atoms with E-state index in [1.165, 1.54) is 6.20 Å². The highest BCUT2D eigenvalue weighted by Gasteiger charge is 2.57. The molecule has 3 rings (SSSR count). The third-order valence-electron chi connectivity index (χ3n) is 4.28. The summed E-state index contributed by atoms with van der Waals surface area (Å²) < 4.78 is 54.1. The van der Waals surface area contributed by atoms with Crippen molar-refractivity contribution in [2.45, 2.75) is 50.0 Å². The van der Waals surface area contributed by atoms with Crippen LogP contribution in [-0.4, -0.2) is 28.0 Å². The van der Waals surface area contributed by atoms with Gasteiger partial charge in [0.05, 0.1) is 6.20 Å². The van der Waals surface area contributed by atoms with E-state index in [1.807, 2.05) is 0 Å². The average Bonchev–Trinajstić information content (AvgIpc) is 3.15. The number of nitrogens with zero attached hydrogens (tertiary/aromatic N) is 3. The van der Waals surface area contributed by atoms with Crippen LogP contribution in [0.5, 0.6) is 0 Å². The van der Waals surface area contributed by atoms with Crippen molar-refractivity contribution in [3.8, 4) is 12.3 Å². The highest BCUT2D eigenvalue weighted by atomic mass is 19.3. The Morgan fingerprint density at radius 2 is 2.00 bits per heavy atom. The van der Waals surface area contributed by atoms with Crippen molar-refractivity contribution in [1.29, 1.82) is 0 Å². The monoisotopic (exact) mass is 313 g/mol. The fraction of sp³-hybridized carbons (Fsp3) is 0.600. The van der Waals surface area contributed by atoms with E-state index in [9.17, 15) is 17.6 Å². The van der Waals surface area contributed by atoms with Gasteiger partial charge in [0, 0.05) is 31.8 Å². The van der Waals surface area contributed by atoms with Gasteiger partial charge in [0.25, 0.3) is 11.8 Å². The van der Waals surface area contributed by atoms with Gasteiger partial charge in [-0.25, -0.2) is 18.7 Å². The number of piperidine rings is 1. The summed E-state index contributed by atoms with van der Waals surface area (Å²) in [5, 5.41) is 0. The lowest BCUT2D eigenvalue weighted by atomic mass is 9.96. The second-order valence-electron chi connectivity index (χ2n) is 6.12. The molecule has 118 valence electrons. The van der Waals surface area contributed by atoms with E-state index in [1.54, 1.807) is 4.90 Å². The van der Waals surface area contributed by atoms with Crippen LogP contribution in [-0.2, 0) is 5.92 Å².